The molecule has 0 bridgehead atoms. The molecule has 0 aliphatic heterocycles. The van der Waals surface area contributed by atoms with E-state index < -0.39 is 0 Å². The van der Waals surface area contributed by atoms with Crippen molar-refractivity contribution in [1.82, 2.24) is 0 Å². The molecule has 0 saturated heterocycles. The topological polar surface area (TPSA) is 0 Å². The number of hydrogen-bond donors (Lipinski definition) is 0. The lowest BCUT2D eigenvalue weighted by molar-refractivity contribution is 0.659. The monoisotopic (exact) mass is 518 g/mol. The molecule has 5 aromatic rings. The van der Waals surface area contributed by atoms with Gasteiger partial charge in [-0.2, -0.15) is 0 Å². The summed E-state index contributed by atoms with van der Waals surface area (Å²) in [6, 6.07) is 41.4. The Hall–Kier alpha value is -3.90. The summed E-state index contributed by atoms with van der Waals surface area (Å²) in [7, 11) is 0. The van der Waals surface area contributed by atoms with Crippen LogP contribution in [-0.4, -0.2) is 0 Å². The Morgan fingerprint density at radius 3 is 1.10 bits per heavy atom. The average Bonchev–Trinajstić information content (AvgIpc) is 3.35. The van der Waals surface area contributed by atoms with Crippen LogP contribution < -0.4 is 0 Å². The molecule has 0 N–H and O–H groups in total. The fourth-order valence-corrected chi connectivity index (χ4v) is 7.26. The summed E-state index contributed by atoms with van der Waals surface area (Å²) in [6.45, 7) is 9.46. The maximum absolute atomic E-state index is 2.46. The van der Waals surface area contributed by atoms with Gasteiger partial charge in [-0.1, -0.05) is 137 Å². The third-order valence-corrected chi connectivity index (χ3v) is 9.72. The Bertz CT molecular complexity index is 1600. The maximum Gasteiger partial charge on any atom is 0.0158 e. The molecule has 5 aromatic carbocycles. The first-order chi connectivity index (χ1) is 19.3. The lowest BCUT2D eigenvalue weighted by Crippen LogP contribution is -2.15. The predicted molar refractivity (Wildman–Crippen MR) is 169 cm³/mol. The number of hydrogen-bond acceptors (Lipinski definition) is 0. The Morgan fingerprint density at radius 1 is 0.350 bits per heavy atom. The summed E-state index contributed by atoms with van der Waals surface area (Å²) < 4.78 is 0. The fraction of sp³-hybridized carbons (Fsp3) is 0.250. The van der Waals surface area contributed by atoms with E-state index in [0.717, 1.165) is 25.7 Å². The van der Waals surface area contributed by atoms with E-state index in [1.165, 1.54) is 66.8 Å². The number of aryl methyl sites for hydroxylation is 4. The van der Waals surface area contributed by atoms with Gasteiger partial charge in [-0.3, -0.25) is 0 Å². The molecule has 0 heteroatoms. The number of benzene rings is 5. The zero-order valence-corrected chi connectivity index (χ0v) is 24.2. The summed E-state index contributed by atoms with van der Waals surface area (Å²) in [5.74, 6) is 0. The van der Waals surface area contributed by atoms with Crippen LogP contribution in [-0.2, 0) is 36.5 Å². The largest absolute Gasteiger partial charge is 0.0619 e. The lowest BCUT2D eigenvalue weighted by Gasteiger charge is -2.22. The Morgan fingerprint density at radius 2 is 0.675 bits per heavy atom. The van der Waals surface area contributed by atoms with Gasteiger partial charge in [0.1, 0.15) is 0 Å². The second kappa shape index (κ2) is 9.34. The Kier molecular flexibility index (Phi) is 5.86. The summed E-state index contributed by atoms with van der Waals surface area (Å²) in [4.78, 5) is 0. The number of rotatable bonds is 6. The number of fused-ring (bicyclic) bond motifs is 6. The van der Waals surface area contributed by atoms with Crippen LogP contribution in [0.3, 0.4) is 0 Å². The first-order valence-corrected chi connectivity index (χ1v) is 14.9. The van der Waals surface area contributed by atoms with Crippen molar-refractivity contribution in [2.75, 3.05) is 0 Å². The zero-order valence-electron chi connectivity index (χ0n) is 24.2. The van der Waals surface area contributed by atoms with Crippen molar-refractivity contribution in [2.45, 2.75) is 64.2 Å². The zero-order chi connectivity index (χ0) is 27.5. The molecule has 0 amide bonds. The second-order valence-corrected chi connectivity index (χ2v) is 12.9. The van der Waals surface area contributed by atoms with Gasteiger partial charge in [-0.25, -0.2) is 0 Å². The van der Waals surface area contributed by atoms with Crippen molar-refractivity contribution in [3.63, 3.8) is 0 Å². The predicted octanol–water partition coefficient (Wildman–Crippen LogP) is 9.87. The van der Waals surface area contributed by atoms with E-state index in [2.05, 4.69) is 137 Å². The summed E-state index contributed by atoms with van der Waals surface area (Å²) >= 11 is 0. The molecule has 0 nitrogen and oxygen atoms in total. The van der Waals surface area contributed by atoms with Gasteiger partial charge in [0.05, 0.1) is 0 Å². The van der Waals surface area contributed by atoms with E-state index in [9.17, 15) is 0 Å². The van der Waals surface area contributed by atoms with Gasteiger partial charge in [-0.15, -0.1) is 0 Å². The molecule has 0 radical (unpaired) electrons. The van der Waals surface area contributed by atoms with Crippen LogP contribution in [0.1, 0.15) is 72.2 Å². The summed E-state index contributed by atoms with van der Waals surface area (Å²) in [5, 5.41) is 0. The lowest BCUT2D eigenvalue weighted by atomic mass is 9.81. The SMILES string of the molecule is CC1(C)c2ccccc2-c2ccc(CCc3ccc(CCc4ccc5c(c4)C(C)(C)c4ccccc4-5)cc3)cc21. The van der Waals surface area contributed by atoms with E-state index in [1.807, 2.05) is 0 Å². The average molecular weight is 519 g/mol. The Balaban J connectivity index is 1.00. The molecular formula is C40H38. The van der Waals surface area contributed by atoms with Crippen molar-refractivity contribution in [3.8, 4) is 22.3 Å². The fourth-order valence-electron chi connectivity index (χ4n) is 7.26. The maximum atomic E-state index is 2.46. The minimum atomic E-state index is 0.0716. The smallest absolute Gasteiger partial charge is 0.0158 e. The van der Waals surface area contributed by atoms with Crippen LogP contribution in [0.4, 0.5) is 0 Å². The molecule has 7 rings (SSSR count). The van der Waals surface area contributed by atoms with Crippen molar-refractivity contribution >= 4 is 0 Å². The molecule has 0 spiro atoms. The van der Waals surface area contributed by atoms with Crippen LogP contribution in [0, 0.1) is 0 Å². The molecule has 198 valence electrons. The van der Waals surface area contributed by atoms with Gasteiger partial charge in [0.15, 0.2) is 0 Å². The van der Waals surface area contributed by atoms with E-state index >= 15 is 0 Å². The summed E-state index contributed by atoms with van der Waals surface area (Å²) in [6.07, 6.45) is 4.30. The van der Waals surface area contributed by atoms with Crippen LogP contribution in [0.25, 0.3) is 22.3 Å². The highest BCUT2D eigenvalue weighted by molar-refractivity contribution is 5.81. The molecule has 0 saturated carbocycles. The van der Waals surface area contributed by atoms with Gasteiger partial charge in [0.25, 0.3) is 0 Å². The van der Waals surface area contributed by atoms with Gasteiger partial charge < -0.3 is 0 Å². The minimum absolute atomic E-state index is 0.0716. The molecular weight excluding hydrogens is 480 g/mol. The molecule has 40 heavy (non-hydrogen) atoms. The van der Waals surface area contributed by atoms with Crippen molar-refractivity contribution in [3.05, 3.63) is 154 Å². The Labute approximate surface area is 239 Å². The highest BCUT2D eigenvalue weighted by atomic mass is 14.4. The summed E-state index contributed by atoms with van der Waals surface area (Å²) in [5.41, 5.74) is 17.3. The minimum Gasteiger partial charge on any atom is -0.0619 e. The van der Waals surface area contributed by atoms with E-state index in [1.54, 1.807) is 0 Å². The quantitative estimate of drug-likeness (QED) is 0.210. The van der Waals surface area contributed by atoms with Crippen LogP contribution in [0.2, 0.25) is 0 Å². The molecule has 0 unspecified atom stereocenters. The highest BCUT2D eigenvalue weighted by Gasteiger charge is 2.36. The molecule has 2 aliphatic rings. The van der Waals surface area contributed by atoms with Gasteiger partial charge in [0.2, 0.25) is 0 Å². The van der Waals surface area contributed by atoms with Crippen molar-refractivity contribution < 1.29 is 0 Å². The van der Waals surface area contributed by atoms with Crippen LogP contribution in [0.15, 0.2) is 109 Å². The normalized spacial score (nSPS) is 15.3. The van der Waals surface area contributed by atoms with Gasteiger partial charge in [0, 0.05) is 10.8 Å². The van der Waals surface area contributed by atoms with Crippen molar-refractivity contribution in [2.24, 2.45) is 0 Å². The molecule has 0 atom stereocenters. The van der Waals surface area contributed by atoms with Gasteiger partial charge >= 0.3 is 0 Å². The second-order valence-electron chi connectivity index (χ2n) is 12.9. The third-order valence-electron chi connectivity index (χ3n) is 9.72. The van der Waals surface area contributed by atoms with E-state index in [-0.39, 0.29) is 10.8 Å². The highest BCUT2D eigenvalue weighted by Crippen LogP contribution is 2.49. The standard InChI is InChI=1S/C40H38/c1-39(2)35-11-7-5-9-31(35)33-23-21-29(25-37(33)39)19-17-27-13-15-28(16-14-27)18-20-30-22-24-34-32-10-6-8-12-36(32)40(3,4)38(34)26-30/h5-16,21-26H,17-20H2,1-4H3. The van der Waals surface area contributed by atoms with E-state index in [0.29, 0.717) is 0 Å². The molecule has 0 heterocycles. The molecule has 0 fully saturated rings. The third kappa shape index (κ3) is 4.05. The molecule has 0 aromatic heterocycles. The van der Waals surface area contributed by atoms with Crippen LogP contribution in [0.5, 0.6) is 0 Å². The van der Waals surface area contributed by atoms with Crippen molar-refractivity contribution in [1.29, 1.82) is 0 Å². The van der Waals surface area contributed by atoms with Crippen LogP contribution >= 0.6 is 0 Å². The van der Waals surface area contributed by atoms with Gasteiger partial charge in [-0.05, 0) is 92.4 Å². The molecule has 2 aliphatic carbocycles. The first kappa shape index (κ1) is 25.1. The first-order valence-electron chi connectivity index (χ1n) is 14.9. The van der Waals surface area contributed by atoms with E-state index in [4.69, 9.17) is 0 Å².